The molecule has 5 heteroatoms. The first-order valence-corrected chi connectivity index (χ1v) is 4.99. The van der Waals surface area contributed by atoms with Gasteiger partial charge in [-0.1, -0.05) is 0 Å². The van der Waals surface area contributed by atoms with Crippen LogP contribution in [0.25, 0.3) is 0 Å². The normalized spacial score (nSPS) is 9.64. The number of hydrogen-bond donors (Lipinski definition) is 1. The van der Waals surface area contributed by atoms with Gasteiger partial charge in [0, 0.05) is 17.6 Å². The second-order valence-corrected chi connectivity index (χ2v) is 3.35. The molecule has 1 rings (SSSR count). The van der Waals surface area contributed by atoms with Crippen LogP contribution >= 0.6 is 15.9 Å². The number of pyridine rings is 1. The van der Waals surface area contributed by atoms with Crippen molar-refractivity contribution in [2.24, 2.45) is 0 Å². The summed E-state index contributed by atoms with van der Waals surface area (Å²) in [6, 6.07) is 3.45. The third-order valence-electron chi connectivity index (χ3n) is 1.55. The maximum atomic E-state index is 11.3. The molecule has 0 aliphatic heterocycles. The smallest absolute Gasteiger partial charge is 0.270 e. The number of ether oxygens (including phenoxy) is 1. The van der Waals surface area contributed by atoms with Crippen LogP contribution in [-0.2, 0) is 0 Å². The van der Waals surface area contributed by atoms with Gasteiger partial charge >= 0.3 is 0 Å². The minimum absolute atomic E-state index is 0.238. The molecule has 0 unspecified atom stereocenters. The first kappa shape index (κ1) is 11.0. The van der Waals surface area contributed by atoms with E-state index < -0.39 is 0 Å². The number of nitrogens with zero attached hydrogens (tertiary/aromatic N) is 1. The minimum atomic E-state index is -0.238. The topological polar surface area (TPSA) is 51.2 Å². The Morgan fingerprint density at radius 2 is 2.36 bits per heavy atom. The Balaban J connectivity index is 3.01. The van der Waals surface area contributed by atoms with Crippen molar-refractivity contribution in [2.45, 2.75) is 6.92 Å². The van der Waals surface area contributed by atoms with E-state index >= 15 is 0 Å². The fraction of sp³-hybridized carbons (Fsp3) is 0.333. The fourth-order valence-corrected chi connectivity index (χ4v) is 1.33. The maximum Gasteiger partial charge on any atom is 0.270 e. The lowest BCUT2D eigenvalue weighted by Crippen LogP contribution is -2.20. The van der Waals surface area contributed by atoms with E-state index in [1.54, 1.807) is 19.2 Å². The van der Waals surface area contributed by atoms with Gasteiger partial charge in [-0.05, 0) is 28.9 Å². The van der Waals surface area contributed by atoms with E-state index in [2.05, 4.69) is 26.2 Å². The highest BCUT2D eigenvalue weighted by Crippen LogP contribution is 2.18. The maximum absolute atomic E-state index is 11.3. The van der Waals surface area contributed by atoms with Gasteiger partial charge in [0.05, 0.1) is 6.61 Å². The zero-order valence-corrected chi connectivity index (χ0v) is 9.59. The minimum Gasteiger partial charge on any atom is -0.478 e. The summed E-state index contributed by atoms with van der Waals surface area (Å²) in [5.74, 6) is 0.215. The van der Waals surface area contributed by atoms with Gasteiger partial charge in [-0.3, -0.25) is 4.79 Å². The van der Waals surface area contributed by atoms with Gasteiger partial charge in [-0.25, -0.2) is 4.98 Å². The van der Waals surface area contributed by atoms with Crippen LogP contribution in [0, 0.1) is 0 Å². The van der Waals surface area contributed by atoms with E-state index in [9.17, 15) is 4.79 Å². The predicted molar refractivity (Wildman–Crippen MR) is 56.5 cm³/mol. The molecule has 1 aromatic heterocycles. The van der Waals surface area contributed by atoms with Gasteiger partial charge in [0.15, 0.2) is 0 Å². The van der Waals surface area contributed by atoms with E-state index in [0.717, 1.165) is 0 Å². The molecule has 1 N–H and O–H groups in total. The summed E-state index contributed by atoms with van der Waals surface area (Å²) in [4.78, 5) is 15.4. The van der Waals surface area contributed by atoms with Crippen LogP contribution in [-0.4, -0.2) is 24.5 Å². The number of halogens is 1. The van der Waals surface area contributed by atoms with Crippen molar-refractivity contribution in [2.75, 3.05) is 13.7 Å². The average molecular weight is 259 g/mol. The SMILES string of the molecule is CCOc1ccc(Br)c(C(=O)NC)n1. The Morgan fingerprint density at radius 1 is 1.64 bits per heavy atom. The second kappa shape index (κ2) is 4.95. The van der Waals surface area contributed by atoms with Crippen LogP contribution in [0.3, 0.4) is 0 Å². The summed E-state index contributed by atoms with van der Waals surface area (Å²) in [7, 11) is 1.56. The molecule has 0 aromatic carbocycles. The van der Waals surface area contributed by atoms with Crippen molar-refractivity contribution in [3.8, 4) is 5.88 Å². The van der Waals surface area contributed by atoms with Gasteiger partial charge in [-0.15, -0.1) is 0 Å². The summed E-state index contributed by atoms with van der Waals surface area (Å²) in [5, 5.41) is 2.50. The lowest BCUT2D eigenvalue weighted by atomic mass is 10.3. The predicted octanol–water partition coefficient (Wildman–Crippen LogP) is 1.60. The fourth-order valence-electron chi connectivity index (χ4n) is 0.930. The number of hydrogen-bond acceptors (Lipinski definition) is 3. The van der Waals surface area contributed by atoms with Gasteiger partial charge in [0.1, 0.15) is 5.69 Å². The average Bonchev–Trinajstić information content (AvgIpc) is 2.20. The molecule has 0 spiro atoms. The highest BCUT2D eigenvalue weighted by molar-refractivity contribution is 9.10. The summed E-state index contributed by atoms with van der Waals surface area (Å²) >= 11 is 3.24. The standard InChI is InChI=1S/C9H11BrN2O2/c1-3-14-7-5-4-6(10)8(12-7)9(13)11-2/h4-5H,3H2,1-2H3,(H,11,13). The third-order valence-corrected chi connectivity index (χ3v) is 2.19. The molecule has 14 heavy (non-hydrogen) atoms. The van der Waals surface area contributed by atoms with Crippen LogP contribution in [0.1, 0.15) is 17.4 Å². The molecule has 0 saturated carbocycles. The molecule has 0 aliphatic carbocycles. The molecular weight excluding hydrogens is 248 g/mol. The molecule has 0 atom stereocenters. The highest BCUT2D eigenvalue weighted by Gasteiger charge is 2.11. The van der Waals surface area contributed by atoms with Crippen molar-refractivity contribution in [1.29, 1.82) is 0 Å². The van der Waals surface area contributed by atoms with Crippen molar-refractivity contribution in [1.82, 2.24) is 10.3 Å². The van der Waals surface area contributed by atoms with Crippen molar-refractivity contribution in [3.63, 3.8) is 0 Å². The summed E-state index contributed by atoms with van der Waals surface area (Å²) in [6.45, 7) is 2.39. The van der Waals surface area contributed by atoms with E-state index in [4.69, 9.17) is 4.74 Å². The molecule has 1 heterocycles. The van der Waals surface area contributed by atoms with Crippen LogP contribution in [0.5, 0.6) is 5.88 Å². The molecule has 1 amide bonds. The first-order chi connectivity index (χ1) is 6.69. The van der Waals surface area contributed by atoms with E-state index in [-0.39, 0.29) is 5.91 Å². The molecule has 76 valence electrons. The second-order valence-electron chi connectivity index (χ2n) is 2.49. The Labute approximate surface area is 90.8 Å². The Morgan fingerprint density at radius 3 is 2.93 bits per heavy atom. The molecule has 0 bridgehead atoms. The van der Waals surface area contributed by atoms with Crippen LogP contribution in [0.4, 0.5) is 0 Å². The Bertz CT molecular complexity index is 342. The highest BCUT2D eigenvalue weighted by atomic mass is 79.9. The van der Waals surface area contributed by atoms with Gasteiger partial charge in [0.2, 0.25) is 5.88 Å². The zero-order valence-electron chi connectivity index (χ0n) is 8.00. The zero-order chi connectivity index (χ0) is 10.6. The van der Waals surface area contributed by atoms with Crippen LogP contribution < -0.4 is 10.1 Å². The Kier molecular flexibility index (Phi) is 3.88. The number of carbonyl (C=O) groups excluding carboxylic acids is 1. The van der Waals surface area contributed by atoms with E-state index in [1.807, 2.05) is 6.92 Å². The van der Waals surface area contributed by atoms with Gasteiger partial charge < -0.3 is 10.1 Å². The summed E-state index contributed by atoms with van der Waals surface area (Å²) in [6.07, 6.45) is 0. The Hall–Kier alpha value is -1.10. The van der Waals surface area contributed by atoms with Crippen molar-refractivity contribution < 1.29 is 9.53 Å². The number of aromatic nitrogens is 1. The quantitative estimate of drug-likeness (QED) is 0.897. The summed E-state index contributed by atoms with van der Waals surface area (Å²) < 4.78 is 5.84. The van der Waals surface area contributed by atoms with Gasteiger partial charge in [-0.2, -0.15) is 0 Å². The third kappa shape index (κ3) is 2.45. The van der Waals surface area contributed by atoms with Crippen molar-refractivity contribution >= 4 is 21.8 Å². The van der Waals surface area contributed by atoms with E-state index in [1.165, 1.54) is 0 Å². The lowest BCUT2D eigenvalue weighted by molar-refractivity contribution is 0.0956. The molecule has 0 fully saturated rings. The molecular formula is C9H11BrN2O2. The number of amides is 1. The molecule has 4 nitrogen and oxygen atoms in total. The molecule has 0 aliphatic rings. The number of nitrogens with one attached hydrogen (secondary N) is 1. The summed E-state index contributed by atoms with van der Waals surface area (Å²) in [5.41, 5.74) is 0.332. The van der Waals surface area contributed by atoms with E-state index in [0.29, 0.717) is 22.7 Å². The van der Waals surface area contributed by atoms with Crippen LogP contribution in [0.2, 0.25) is 0 Å². The first-order valence-electron chi connectivity index (χ1n) is 4.20. The van der Waals surface area contributed by atoms with Crippen LogP contribution in [0.15, 0.2) is 16.6 Å². The molecule has 0 saturated heterocycles. The lowest BCUT2D eigenvalue weighted by Gasteiger charge is -2.05. The molecule has 1 aromatic rings. The van der Waals surface area contributed by atoms with Crippen molar-refractivity contribution in [3.05, 3.63) is 22.3 Å². The molecule has 0 radical (unpaired) electrons. The van der Waals surface area contributed by atoms with Gasteiger partial charge in [0.25, 0.3) is 5.91 Å². The number of carbonyl (C=O) groups is 1. The number of rotatable bonds is 3. The monoisotopic (exact) mass is 258 g/mol. The largest absolute Gasteiger partial charge is 0.478 e.